The van der Waals surface area contributed by atoms with Crippen molar-refractivity contribution < 1.29 is 4.42 Å². The van der Waals surface area contributed by atoms with Crippen LogP contribution in [0.4, 0.5) is 5.82 Å². The van der Waals surface area contributed by atoms with Gasteiger partial charge in [0, 0.05) is 33.1 Å². The van der Waals surface area contributed by atoms with Gasteiger partial charge in [0.2, 0.25) is 0 Å². The number of rotatable bonds is 5. The molecule has 1 N–H and O–H groups in total. The molecule has 3 aromatic heterocycles. The fourth-order valence-corrected chi connectivity index (χ4v) is 4.97. The van der Waals surface area contributed by atoms with Gasteiger partial charge in [-0.15, -0.1) is 11.3 Å². The third-order valence-corrected chi connectivity index (χ3v) is 6.61. The maximum atomic E-state index is 5.42. The average Bonchev–Trinajstić information content (AvgIpc) is 3.33. The molecule has 0 aliphatic heterocycles. The third-order valence-electron chi connectivity index (χ3n) is 5.31. The first-order valence-corrected chi connectivity index (χ1v) is 10.5. The van der Waals surface area contributed by atoms with Crippen LogP contribution in [0.2, 0.25) is 0 Å². The Morgan fingerprint density at radius 1 is 1.03 bits per heavy atom. The molecule has 0 radical (unpaired) electrons. The highest BCUT2D eigenvalue weighted by atomic mass is 32.1. The van der Waals surface area contributed by atoms with Crippen LogP contribution in [0.15, 0.2) is 65.5 Å². The van der Waals surface area contributed by atoms with E-state index >= 15 is 0 Å². The first-order valence-electron chi connectivity index (χ1n) is 9.70. The second kappa shape index (κ2) is 7.33. The normalized spacial score (nSPS) is 11.4. The van der Waals surface area contributed by atoms with E-state index in [1.165, 1.54) is 26.1 Å². The summed E-state index contributed by atoms with van der Waals surface area (Å²) in [5.41, 5.74) is 5.62. The van der Waals surface area contributed by atoms with Gasteiger partial charge >= 0.3 is 0 Å². The van der Waals surface area contributed by atoms with Gasteiger partial charge in [0.1, 0.15) is 17.7 Å². The first-order chi connectivity index (χ1) is 14.2. The Bertz CT molecular complexity index is 1320. The summed E-state index contributed by atoms with van der Waals surface area (Å²) in [6, 6.07) is 16.6. The number of thiophene rings is 1. The number of fused-ring (bicyclic) bond motifs is 2. The van der Waals surface area contributed by atoms with Crippen molar-refractivity contribution in [2.45, 2.75) is 20.3 Å². The molecule has 0 spiro atoms. The lowest BCUT2D eigenvalue weighted by molar-refractivity contribution is 0.616. The lowest BCUT2D eigenvalue weighted by atomic mass is 10.1. The summed E-state index contributed by atoms with van der Waals surface area (Å²) in [7, 11) is 0. The summed E-state index contributed by atoms with van der Waals surface area (Å²) >= 11 is 1.89. The Balaban J connectivity index is 1.34. The van der Waals surface area contributed by atoms with Crippen molar-refractivity contribution in [2.24, 2.45) is 0 Å². The summed E-state index contributed by atoms with van der Waals surface area (Å²) in [5, 5.41) is 5.92. The minimum Gasteiger partial charge on any atom is -0.464 e. The second-order valence-corrected chi connectivity index (χ2v) is 8.45. The van der Waals surface area contributed by atoms with E-state index in [2.05, 4.69) is 53.4 Å². The Hall–Kier alpha value is -3.18. The van der Waals surface area contributed by atoms with Crippen LogP contribution in [-0.4, -0.2) is 16.5 Å². The Morgan fingerprint density at radius 3 is 2.90 bits per heavy atom. The van der Waals surface area contributed by atoms with E-state index in [1.54, 1.807) is 12.6 Å². The van der Waals surface area contributed by atoms with Gasteiger partial charge in [-0.2, -0.15) is 0 Å². The number of aryl methyl sites for hydroxylation is 2. The highest BCUT2D eigenvalue weighted by molar-refractivity contribution is 7.19. The molecule has 0 aliphatic carbocycles. The number of hydrogen-bond acceptors (Lipinski definition) is 5. The number of hydrogen-bond donors (Lipinski definition) is 1. The molecule has 0 bridgehead atoms. The Morgan fingerprint density at radius 2 is 1.97 bits per heavy atom. The van der Waals surface area contributed by atoms with Crippen LogP contribution in [0.25, 0.3) is 32.3 Å². The summed E-state index contributed by atoms with van der Waals surface area (Å²) in [6.07, 6.45) is 4.29. The minimum atomic E-state index is 0.831. The monoisotopic (exact) mass is 399 g/mol. The molecule has 0 fully saturated rings. The standard InChI is InChI=1S/C24H21N3OS/c1-15-4-3-5-20-19(16(2)29-24(15)20)8-10-25-23-13-21(26-14-27-23)17-6-7-22-18(12-17)9-11-28-22/h3-7,9,11-14H,8,10H2,1-2H3,(H,25,26,27). The lowest BCUT2D eigenvalue weighted by Crippen LogP contribution is -2.07. The third kappa shape index (κ3) is 3.38. The van der Waals surface area contributed by atoms with Crippen molar-refractivity contribution >= 4 is 38.2 Å². The molecule has 144 valence electrons. The van der Waals surface area contributed by atoms with Crippen molar-refractivity contribution in [2.75, 3.05) is 11.9 Å². The van der Waals surface area contributed by atoms with Gasteiger partial charge in [-0.3, -0.25) is 0 Å². The molecule has 0 atom stereocenters. The van der Waals surface area contributed by atoms with Crippen LogP contribution in [0.3, 0.4) is 0 Å². The van der Waals surface area contributed by atoms with Gasteiger partial charge in [0.15, 0.2) is 0 Å². The molecular weight excluding hydrogens is 378 g/mol. The molecule has 0 saturated heterocycles. The van der Waals surface area contributed by atoms with Crippen LogP contribution in [-0.2, 0) is 6.42 Å². The summed E-state index contributed by atoms with van der Waals surface area (Å²) in [6.45, 7) is 5.23. The smallest absolute Gasteiger partial charge is 0.133 e. The Kier molecular flexibility index (Phi) is 4.52. The summed E-state index contributed by atoms with van der Waals surface area (Å²) in [4.78, 5) is 10.2. The molecule has 5 rings (SSSR count). The van der Waals surface area contributed by atoms with E-state index in [-0.39, 0.29) is 0 Å². The van der Waals surface area contributed by atoms with Crippen LogP contribution in [0.1, 0.15) is 16.0 Å². The van der Waals surface area contributed by atoms with Gasteiger partial charge in [0.25, 0.3) is 0 Å². The van der Waals surface area contributed by atoms with Gasteiger partial charge in [-0.25, -0.2) is 9.97 Å². The van der Waals surface area contributed by atoms with Crippen LogP contribution >= 0.6 is 11.3 Å². The molecule has 29 heavy (non-hydrogen) atoms. The van der Waals surface area contributed by atoms with E-state index in [1.807, 2.05) is 35.6 Å². The number of nitrogens with zero attached hydrogens (tertiary/aromatic N) is 2. The lowest BCUT2D eigenvalue weighted by Gasteiger charge is -2.08. The Labute approximate surface area is 173 Å². The molecule has 0 unspecified atom stereocenters. The van der Waals surface area contributed by atoms with Crippen molar-refractivity contribution in [3.05, 3.63) is 77.1 Å². The number of benzene rings is 2. The number of anilines is 1. The predicted octanol–water partition coefficient (Wildman–Crippen LogP) is 6.38. The van der Waals surface area contributed by atoms with Crippen LogP contribution in [0.5, 0.6) is 0 Å². The number of furan rings is 1. The van der Waals surface area contributed by atoms with Crippen molar-refractivity contribution in [1.29, 1.82) is 0 Å². The highest BCUT2D eigenvalue weighted by Crippen LogP contribution is 2.33. The molecule has 4 nitrogen and oxygen atoms in total. The molecule has 2 aromatic carbocycles. The maximum Gasteiger partial charge on any atom is 0.133 e. The van der Waals surface area contributed by atoms with Crippen molar-refractivity contribution in [3.63, 3.8) is 0 Å². The van der Waals surface area contributed by atoms with E-state index in [4.69, 9.17) is 4.42 Å². The van der Waals surface area contributed by atoms with Gasteiger partial charge < -0.3 is 9.73 Å². The zero-order valence-corrected chi connectivity index (χ0v) is 17.2. The average molecular weight is 400 g/mol. The van der Waals surface area contributed by atoms with Crippen LogP contribution < -0.4 is 5.32 Å². The first kappa shape index (κ1) is 17.9. The number of nitrogens with one attached hydrogen (secondary N) is 1. The molecule has 0 saturated carbocycles. The quantitative estimate of drug-likeness (QED) is 0.373. The molecule has 0 aliphatic rings. The topological polar surface area (TPSA) is 51.0 Å². The van der Waals surface area contributed by atoms with Crippen molar-refractivity contribution in [3.8, 4) is 11.3 Å². The summed E-state index contributed by atoms with van der Waals surface area (Å²) in [5.74, 6) is 0.843. The van der Waals surface area contributed by atoms with Crippen molar-refractivity contribution in [1.82, 2.24) is 9.97 Å². The molecule has 5 aromatic rings. The predicted molar refractivity (Wildman–Crippen MR) is 121 cm³/mol. The van der Waals surface area contributed by atoms with E-state index < -0.39 is 0 Å². The fourth-order valence-electron chi connectivity index (χ4n) is 3.79. The SMILES string of the molecule is Cc1sc2c(C)cccc2c1CCNc1cc(-c2ccc3occc3c2)ncn1. The minimum absolute atomic E-state index is 0.831. The van der Waals surface area contributed by atoms with E-state index in [9.17, 15) is 0 Å². The van der Waals surface area contributed by atoms with E-state index in [0.29, 0.717) is 0 Å². The highest BCUT2D eigenvalue weighted by Gasteiger charge is 2.10. The summed E-state index contributed by atoms with van der Waals surface area (Å²) < 4.78 is 6.83. The van der Waals surface area contributed by atoms with Gasteiger partial charge in [0.05, 0.1) is 12.0 Å². The fraction of sp³-hybridized carbons (Fsp3) is 0.167. The van der Waals surface area contributed by atoms with Gasteiger partial charge in [-0.05, 0) is 61.0 Å². The molecule has 5 heteroatoms. The van der Waals surface area contributed by atoms with E-state index in [0.717, 1.165) is 41.0 Å². The second-order valence-electron chi connectivity index (χ2n) is 7.23. The zero-order chi connectivity index (χ0) is 19.8. The zero-order valence-electron chi connectivity index (χ0n) is 16.4. The number of aromatic nitrogens is 2. The molecule has 3 heterocycles. The molecular formula is C24H21N3OS. The maximum absolute atomic E-state index is 5.42. The van der Waals surface area contributed by atoms with Gasteiger partial charge in [-0.1, -0.05) is 18.2 Å². The van der Waals surface area contributed by atoms with Crippen LogP contribution in [0, 0.1) is 13.8 Å². The largest absolute Gasteiger partial charge is 0.464 e. The molecule has 0 amide bonds.